The fraction of sp³-hybridized carbons (Fsp3) is 0.481. The van der Waals surface area contributed by atoms with Crippen molar-refractivity contribution < 1.29 is 28.5 Å². The van der Waals surface area contributed by atoms with E-state index in [1.165, 1.54) is 56.7 Å². The van der Waals surface area contributed by atoms with Gasteiger partial charge in [-0.2, -0.15) is 0 Å². The van der Waals surface area contributed by atoms with Crippen LogP contribution in [0.1, 0.15) is 75.1 Å². The second-order valence-corrected chi connectivity index (χ2v) is 10.8. The summed E-state index contributed by atoms with van der Waals surface area (Å²) in [7, 11) is -4.65. The molecule has 36 heavy (non-hydrogen) atoms. The molecular formula is C27H37N2O6P. The molecule has 9 heteroatoms. The number of nitrogens with one attached hydrogen (secondary N) is 2. The first-order valence-corrected chi connectivity index (χ1v) is 14.2. The van der Waals surface area contributed by atoms with Crippen molar-refractivity contribution >= 4 is 19.6 Å². The minimum Gasteiger partial charge on any atom is -0.404 e. The quantitative estimate of drug-likeness (QED) is 0.324. The summed E-state index contributed by atoms with van der Waals surface area (Å²) in [5, 5.41) is 5.82. The summed E-state index contributed by atoms with van der Waals surface area (Å²) in [6, 6.07) is 13.5. The monoisotopic (exact) mass is 516 g/mol. The largest absolute Gasteiger partial charge is 0.524 e. The van der Waals surface area contributed by atoms with E-state index in [9.17, 15) is 14.2 Å². The lowest BCUT2D eigenvalue weighted by Crippen LogP contribution is -2.48. The molecule has 2 atom stereocenters. The Labute approximate surface area is 213 Å². The van der Waals surface area contributed by atoms with Crippen molar-refractivity contribution in [3.05, 3.63) is 65.2 Å². The summed E-state index contributed by atoms with van der Waals surface area (Å²) >= 11 is 0. The second kappa shape index (κ2) is 13.0. The van der Waals surface area contributed by atoms with Crippen molar-refractivity contribution in [2.24, 2.45) is 5.92 Å². The van der Waals surface area contributed by atoms with Crippen molar-refractivity contribution in [1.82, 2.24) is 10.6 Å². The van der Waals surface area contributed by atoms with Crippen LogP contribution in [-0.2, 0) is 27.0 Å². The second-order valence-electron chi connectivity index (χ2n) is 9.61. The maximum absolute atomic E-state index is 13.2. The molecule has 3 rings (SSSR count). The lowest BCUT2D eigenvalue weighted by atomic mass is 9.84. The van der Waals surface area contributed by atoms with Crippen LogP contribution >= 0.6 is 7.82 Å². The summed E-state index contributed by atoms with van der Waals surface area (Å²) in [4.78, 5) is 42.9. The molecule has 0 unspecified atom stereocenters. The molecule has 2 aromatic carbocycles. The van der Waals surface area contributed by atoms with E-state index in [2.05, 4.69) is 33.4 Å². The molecular weight excluding hydrogens is 479 g/mol. The summed E-state index contributed by atoms with van der Waals surface area (Å²) in [5.74, 6) is 0.141. The van der Waals surface area contributed by atoms with Crippen molar-refractivity contribution in [1.29, 1.82) is 0 Å². The number of rotatable bonds is 11. The van der Waals surface area contributed by atoms with E-state index in [4.69, 9.17) is 9.79 Å². The average molecular weight is 517 g/mol. The molecule has 0 radical (unpaired) electrons. The highest BCUT2D eigenvalue weighted by Crippen LogP contribution is 2.37. The van der Waals surface area contributed by atoms with E-state index in [-0.39, 0.29) is 30.0 Å². The van der Waals surface area contributed by atoms with E-state index in [0.717, 1.165) is 17.9 Å². The zero-order chi connectivity index (χ0) is 26.1. The topological polar surface area (TPSA) is 125 Å². The molecule has 196 valence electrons. The Morgan fingerprint density at radius 2 is 1.72 bits per heavy atom. The lowest BCUT2D eigenvalue weighted by Gasteiger charge is -2.24. The Morgan fingerprint density at radius 3 is 2.33 bits per heavy atom. The molecule has 1 fully saturated rings. The van der Waals surface area contributed by atoms with Gasteiger partial charge in [-0.25, -0.2) is 4.57 Å². The smallest absolute Gasteiger partial charge is 0.404 e. The molecule has 4 N–H and O–H groups in total. The third kappa shape index (κ3) is 9.08. The van der Waals surface area contributed by atoms with Crippen LogP contribution in [0.15, 0.2) is 48.5 Å². The van der Waals surface area contributed by atoms with Gasteiger partial charge in [-0.1, -0.05) is 75.4 Å². The predicted molar refractivity (Wildman–Crippen MR) is 138 cm³/mol. The molecule has 0 saturated heterocycles. The van der Waals surface area contributed by atoms with E-state index in [1.807, 2.05) is 13.0 Å². The van der Waals surface area contributed by atoms with Gasteiger partial charge in [0.2, 0.25) is 11.8 Å². The van der Waals surface area contributed by atoms with Gasteiger partial charge in [0.05, 0.1) is 6.04 Å². The minimum atomic E-state index is -4.65. The number of phosphoric acid groups is 1. The maximum Gasteiger partial charge on any atom is 0.524 e. The fourth-order valence-corrected chi connectivity index (χ4v) is 5.27. The minimum absolute atomic E-state index is 0.0202. The zero-order valence-corrected chi connectivity index (χ0v) is 21.9. The highest BCUT2D eigenvalue weighted by molar-refractivity contribution is 7.46. The van der Waals surface area contributed by atoms with Crippen LogP contribution in [0.5, 0.6) is 5.75 Å². The van der Waals surface area contributed by atoms with Crippen LogP contribution in [0.4, 0.5) is 0 Å². The SMILES string of the molecule is CC[C@H](NC(=O)[C@H](Cc1ccc(OP(=O)(O)O)cc1)NC(C)=O)c1cccc(CC2CCCCC2)c1. The van der Waals surface area contributed by atoms with Crippen LogP contribution in [0.25, 0.3) is 0 Å². The molecule has 2 aromatic rings. The van der Waals surface area contributed by atoms with Gasteiger partial charge in [-0.05, 0) is 47.6 Å². The standard InChI is InChI=1S/C27H37N2O6P/c1-3-25(23-11-7-10-22(17-23)16-20-8-5-4-6-9-20)29-27(31)26(28-19(2)30)18-21-12-14-24(15-13-21)35-36(32,33)34/h7,10-15,17,20,25-26H,3-6,8-9,16,18H2,1-2H3,(H,28,30)(H,29,31)(H2,32,33,34)/t25-,26-/m0/s1. The van der Waals surface area contributed by atoms with Crippen molar-refractivity contribution in [3.8, 4) is 5.75 Å². The van der Waals surface area contributed by atoms with Crippen LogP contribution in [0.2, 0.25) is 0 Å². The molecule has 1 aliphatic rings. The van der Waals surface area contributed by atoms with Gasteiger partial charge in [0, 0.05) is 13.3 Å². The molecule has 0 aromatic heterocycles. The number of hydrogen-bond acceptors (Lipinski definition) is 4. The summed E-state index contributed by atoms with van der Waals surface area (Å²) in [6.07, 6.45) is 8.51. The Kier molecular flexibility index (Phi) is 10.1. The van der Waals surface area contributed by atoms with Crippen molar-refractivity contribution in [3.63, 3.8) is 0 Å². The molecule has 2 amide bonds. The lowest BCUT2D eigenvalue weighted by molar-refractivity contribution is -0.128. The highest BCUT2D eigenvalue weighted by atomic mass is 31.2. The van der Waals surface area contributed by atoms with Crippen LogP contribution < -0.4 is 15.2 Å². The molecule has 0 bridgehead atoms. The number of phosphoric ester groups is 1. The van der Waals surface area contributed by atoms with E-state index in [0.29, 0.717) is 12.0 Å². The molecule has 1 saturated carbocycles. The summed E-state index contributed by atoms with van der Waals surface area (Å²) < 4.78 is 15.6. The molecule has 8 nitrogen and oxygen atoms in total. The Balaban J connectivity index is 1.68. The normalized spacial score (nSPS) is 16.1. The first kappa shape index (κ1) is 27.9. The third-order valence-corrected chi connectivity index (χ3v) is 7.06. The molecule has 0 spiro atoms. The van der Waals surface area contributed by atoms with E-state index < -0.39 is 13.9 Å². The van der Waals surface area contributed by atoms with E-state index in [1.54, 1.807) is 12.1 Å². The van der Waals surface area contributed by atoms with Gasteiger partial charge in [0.15, 0.2) is 0 Å². The zero-order valence-electron chi connectivity index (χ0n) is 21.0. The maximum atomic E-state index is 13.2. The Bertz CT molecular complexity index is 1060. The summed E-state index contributed by atoms with van der Waals surface area (Å²) in [6.45, 7) is 3.38. The summed E-state index contributed by atoms with van der Waals surface area (Å²) in [5.41, 5.74) is 3.06. The van der Waals surface area contributed by atoms with Gasteiger partial charge in [0.25, 0.3) is 0 Å². The molecule has 0 aliphatic heterocycles. The van der Waals surface area contributed by atoms with Gasteiger partial charge >= 0.3 is 7.82 Å². The fourth-order valence-electron chi connectivity index (χ4n) is 4.87. The number of hydrogen-bond donors (Lipinski definition) is 4. The van der Waals surface area contributed by atoms with Gasteiger partial charge in [0.1, 0.15) is 11.8 Å². The van der Waals surface area contributed by atoms with Crippen molar-refractivity contribution in [2.75, 3.05) is 0 Å². The van der Waals surface area contributed by atoms with Crippen LogP contribution in [0, 0.1) is 5.92 Å². The number of carbonyl (C=O) groups excluding carboxylic acids is 2. The highest BCUT2D eigenvalue weighted by Gasteiger charge is 2.24. The Hall–Kier alpha value is -2.67. The first-order valence-electron chi connectivity index (χ1n) is 12.6. The third-order valence-electron chi connectivity index (χ3n) is 6.61. The molecule has 1 aliphatic carbocycles. The average Bonchev–Trinajstić information content (AvgIpc) is 2.83. The van der Waals surface area contributed by atoms with Gasteiger partial charge in [-0.15, -0.1) is 0 Å². The van der Waals surface area contributed by atoms with Crippen LogP contribution in [0.3, 0.4) is 0 Å². The number of amides is 2. The van der Waals surface area contributed by atoms with E-state index >= 15 is 0 Å². The first-order chi connectivity index (χ1) is 17.1. The number of benzene rings is 2. The van der Waals surface area contributed by atoms with Gasteiger partial charge < -0.3 is 15.2 Å². The number of carbonyl (C=O) groups is 2. The van der Waals surface area contributed by atoms with Crippen LogP contribution in [-0.4, -0.2) is 27.6 Å². The predicted octanol–water partition coefficient (Wildman–Crippen LogP) is 4.60. The molecule has 0 heterocycles. The van der Waals surface area contributed by atoms with Gasteiger partial charge in [-0.3, -0.25) is 19.4 Å². The van der Waals surface area contributed by atoms with Crippen molar-refractivity contribution in [2.45, 2.75) is 77.3 Å². The Morgan fingerprint density at radius 1 is 1.03 bits per heavy atom.